The van der Waals surface area contributed by atoms with Crippen LogP contribution in [0.3, 0.4) is 0 Å². The molecule has 1 fully saturated rings. The third-order valence-electron chi connectivity index (χ3n) is 3.56. The summed E-state index contributed by atoms with van der Waals surface area (Å²) < 4.78 is 5.38. The fraction of sp³-hybridized carbons (Fsp3) is 0.571. The van der Waals surface area contributed by atoms with Crippen LogP contribution in [0.4, 0.5) is 5.69 Å². The van der Waals surface area contributed by atoms with Gasteiger partial charge in [-0.15, -0.1) is 0 Å². The molecule has 1 saturated heterocycles. The summed E-state index contributed by atoms with van der Waals surface area (Å²) in [5.41, 5.74) is 7.89. The number of ether oxygens (including phenoxy) is 1. The Kier molecular flexibility index (Phi) is 4.87. The van der Waals surface area contributed by atoms with E-state index in [9.17, 15) is 0 Å². The maximum Gasteiger partial charge on any atom is 0.0642 e. The van der Waals surface area contributed by atoms with Crippen molar-refractivity contribution in [3.8, 4) is 0 Å². The van der Waals surface area contributed by atoms with E-state index < -0.39 is 0 Å². The molecule has 0 bridgehead atoms. The SMILES string of the molecule is COC1CCN(c2ccc(CCN)cc2Cl)CC1. The van der Waals surface area contributed by atoms with E-state index in [2.05, 4.69) is 17.0 Å². The van der Waals surface area contributed by atoms with Crippen molar-refractivity contribution in [2.24, 2.45) is 5.73 Å². The van der Waals surface area contributed by atoms with Gasteiger partial charge in [-0.05, 0) is 43.5 Å². The molecule has 4 heteroatoms. The molecule has 0 aliphatic carbocycles. The number of rotatable bonds is 4. The average molecular weight is 269 g/mol. The van der Waals surface area contributed by atoms with E-state index in [4.69, 9.17) is 22.1 Å². The van der Waals surface area contributed by atoms with E-state index >= 15 is 0 Å². The van der Waals surface area contributed by atoms with E-state index in [0.29, 0.717) is 12.6 Å². The number of nitrogens with two attached hydrogens (primary N) is 1. The first-order chi connectivity index (χ1) is 8.74. The van der Waals surface area contributed by atoms with E-state index in [0.717, 1.165) is 43.1 Å². The summed E-state index contributed by atoms with van der Waals surface area (Å²) >= 11 is 6.36. The topological polar surface area (TPSA) is 38.5 Å². The highest BCUT2D eigenvalue weighted by molar-refractivity contribution is 6.33. The standard InChI is InChI=1S/C14H21ClN2O/c1-18-12-5-8-17(9-6-12)14-3-2-11(4-7-16)10-13(14)15/h2-3,10,12H,4-9,16H2,1H3. The summed E-state index contributed by atoms with van der Waals surface area (Å²) in [6.45, 7) is 2.68. The largest absolute Gasteiger partial charge is 0.381 e. The van der Waals surface area contributed by atoms with Crippen LogP contribution in [-0.4, -0.2) is 32.8 Å². The number of hydrogen-bond donors (Lipinski definition) is 1. The minimum atomic E-state index is 0.400. The predicted molar refractivity (Wildman–Crippen MR) is 76.5 cm³/mol. The van der Waals surface area contributed by atoms with Gasteiger partial charge in [-0.2, -0.15) is 0 Å². The van der Waals surface area contributed by atoms with Gasteiger partial charge >= 0.3 is 0 Å². The fourth-order valence-electron chi connectivity index (χ4n) is 2.46. The van der Waals surface area contributed by atoms with E-state index in [1.165, 1.54) is 5.56 Å². The molecule has 1 aliphatic heterocycles. The summed E-state index contributed by atoms with van der Waals surface area (Å²) in [6.07, 6.45) is 3.41. The summed E-state index contributed by atoms with van der Waals surface area (Å²) in [4.78, 5) is 2.34. The molecule has 0 spiro atoms. The van der Waals surface area contributed by atoms with Crippen LogP contribution in [-0.2, 0) is 11.2 Å². The van der Waals surface area contributed by atoms with Crippen molar-refractivity contribution in [3.63, 3.8) is 0 Å². The second-order valence-electron chi connectivity index (χ2n) is 4.75. The third kappa shape index (κ3) is 3.16. The summed E-state index contributed by atoms with van der Waals surface area (Å²) in [5.74, 6) is 0. The van der Waals surface area contributed by atoms with Crippen LogP contribution >= 0.6 is 11.6 Å². The molecular weight excluding hydrogens is 248 g/mol. The molecule has 0 amide bonds. The number of anilines is 1. The molecule has 2 rings (SSSR count). The van der Waals surface area contributed by atoms with Crippen molar-refractivity contribution in [2.45, 2.75) is 25.4 Å². The van der Waals surface area contributed by atoms with Gasteiger partial charge < -0.3 is 15.4 Å². The number of halogens is 1. The summed E-state index contributed by atoms with van der Waals surface area (Å²) in [7, 11) is 1.79. The fourth-order valence-corrected chi connectivity index (χ4v) is 2.78. The van der Waals surface area contributed by atoms with Gasteiger partial charge in [-0.1, -0.05) is 17.7 Å². The molecule has 1 heterocycles. The Balaban J connectivity index is 2.05. The maximum atomic E-state index is 6.36. The monoisotopic (exact) mass is 268 g/mol. The molecule has 100 valence electrons. The summed E-state index contributed by atoms with van der Waals surface area (Å²) in [5, 5.41) is 0.830. The molecule has 1 aliphatic rings. The van der Waals surface area contributed by atoms with E-state index in [-0.39, 0.29) is 0 Å². The number of nitrogens with zero attached hydrogens (tertiary/aromatic N) is 1. The molecule has 1 aromatic carbocycles. The van der Waals surface area contributed by atoms with Crippen molar-refractivity contribution < 1.29 is 4.74 Å². The second kappa shape index (κ2) is 6.41. The molecule has 18 heavy (non-hydrogen) atoms. The normalized spacial score (nSPS) is 17.2. The highest BCUT2D eigenvalue weighted by atomic mass is 35.5. The molecular formula is C14H21ClN2O. The lowest BCUT2D eigenvalue weighted by molar-refractivity contribution is 0.0819. The molecule has 0 saturated carbocycles. The highest BCUT2D eigenvalue weighted by Gasteiger charge is 2.20. The Morgan fingerprint density at radius 3 is 2.67 bits per heavy atom. The van der Waals surface area contributed by atoms with Crippen LogP contribution in [0.1, 0.15) is 18.4 Å². The zero-order valence-electron chi connectivity index (χ0n) is 10.9. The van der Waals surface area contributed by atoms with Crippen LogP contribution in [0, 0.1) is 0 Å². The third-order valence-corrected chi connectivity index (χ3v) is 3.86. The lowest BCUT2D eigenvalue weighted by Crippen LogP contribution is -2.36. The Labute approximate surface area is 114 Å². The second-order valence-corrected chi connectivity index (χ2v) is 5.15. The van der Waals surface area contributed by atoms with Gasteiger partial charge in [-0.3, -0.25) is 0 Å². The Hall–Kier alpha value is -0.770. The molecule has 3 nitrogen and oxygen atoms in total. The zero-order chi connectivity index (χ0) is 13.0. The van der Waals surface area contributed by atoms with Gasteiger partial charge in [0, 0.05) is 20.2 Å². The quantitative estimate of drug-likeness (QED) is 0.912. The molecule has 2 N–H and O–H groups in total. The lowest BCUT2D eigenvalue weighted by Gasteiger charge is -2.33. The lowest BCUT2D eigenvalue weighted by atomic mass is 10.1. The first-order valence-corrected chi connectivity index (χ1v) is 6.88. The van der Waals surface area contributed by atoms with Crippen LogP contribution < -0.4 is 10.6 Å². The van der Waals surface area contributed by atoms with Gasteiger partial charge in [0.15, 0.2) is 0 Å². The van der Waals surface area contributed by atoms with Gasteiger partial charge in [0.1, 0.15) is 0 Å². The first-order valence-electron chi connectivity index (χ1n) is 6.51. The van der Waals surface area contributed by atoms with Crippen LogP contribution in [0.5, 0.6) is 0 Å². The van der Waals surface area contributed by atoms with Crippen LogP contribution in [0.15, 0.2) is 18.2 Å². The maximum absolute atomic E-state index is 6.36. The van der Waals surface area contributed by atoms with Gasteiger partial charge in [0.25, 0.3) is 0 Å². The molecule has 0 radical (unpaired) electrons. The van der Waals surface area contributed by atoms with Gasteiger partial charge in [0.2, 0.25) is 0 Å². The highest BCUT2D eigenvalue weighted by Crippen LogP contribution is 2.29. The number of piperidine rings is 1. The van der Waals surface area contributed by atoms with Crippen molar-refractivity contribution in [3.05, 3.63) is 28.8 Å². The number of hydrogen-bond acceptors (Lipinski definition) is 3. The van der Waals surface area contributed by atoms with Gasteiger partial charge in [-0.25, -0.2) is 0 Å². The summed E-state index contributed by atoms with van der Waals surface area (Å²) in [6, 6.07) is 6.27. The molecule has 0 aromatic heterocycles. The predicted octanol–water partition coefficient (Wildman–Crippen LogP) is 2.46. The van der Waals surface area contributed by atoms with Crippen molar-refractivity contribution >= 4 is 17.3 Å². The smallest absolute Gasteiger partial charge is 0.0642 e. The van der Waals surface area contributed by atoms with Crippen molar-refractivity contribution in [1.29, 1.82) is 0 Å². The number of methoxy groups -OCH3 is 1. The van der Waals surface area contributed by atoms with Crippen molar-refractivity contribution in [2.75, 3.05) is 31.6 Å². The van der Waals surface area contributed by atoms with Crippen LogP contribution in [0.2, 0.25) is 5.02 Å². The average Bonchev–Trinajstić information content (AvgIpc) is 2.40. The van der Waals surface area contributed by atoms with Crippen molar-refractivity contribution in [1.82, 2.24) is 0 Å². The Morgan fingerprint density at radius 1 is 1.39 bits per heavy atom. The first kappa shape index (κ1) is 13.7. The minimum Gasteiger partial charge on any atom is -0.381 e. The minimum absolute atomic E-state index is 0.400. The Morgan fingerprint density at radius 2 is 2.11 bits per heavy atom. The molecule has 0 unspecified atom stereocenters. The molecule has 1 aromatic rings. The zero-order valence-corrected chi connectivity index (χ0v) is 11.6. The van der Waals surface area contributed by atoms with E-state index in [1.54, 1.807) is 7.11 Å². The number of benzene rings is 1. The Bertz CT molecular complexity index is 389. The molecule has 0 atom stereocenters. The van der Waals surface area contributed by atoms with E-state index in [1.807, 2.05) is 6.07 Å². The van der Waals surface area contributed by atoms with Gasteiger partial charge in [0.05, 0.1) is 16.8 Å². The van der Waals surface area contributed by atoms with Crippen LogP contribution in [0.25, 0.3) is 0 Å².